The maximum absolute atomic E-state index is 13.2. The van der Waals surface area contributed by atoms with Crippen molar-refractivity contribution in [2.75, 3.05) is 13.3 Å². The quantitative estimate of drug-likeness (QED) is 0.269. The Morgan fingerprint density at radius 1 is 1.00 bits per heavy atom. The fourth-order valence-corrected chi connectivity index (χ4v) is 6.30. The van der Waals surface area contributed by atoms with Crippen molar-refractivity contribution in [1.29, 1.82) is 0 Å². The van der Waals surface area contributed by atoms with Crippen molar-refractivity contribution < 1.29 is 4.79 Å². The zero-order chi connectivity index (χ0) is 27.0. The summed E-state index contributed by atoms with van der Waals surface area (Å²) in [6.45, 7) is 18.1. The average Bonchev–Trinajstić information content (AvgIpc) is 2.87. The van der Waals surface area contributed by atoms with Gasteiger partial charge in [-0.1, -0.05) is 120 Å². The maximum atomic E-state index is 13.2. The number of carbonyl (C=O) groups is 1. The highest BCUT2D eigenvalue weighted by molar-refractivity contribution is 7.64. The Morgan fingerprint density at radius 3 is 2.11 bits per heavy atom. The summed E-state index contributed by atoms with van der Waals surface area (Å²) in [6.07, 6.45) is 11.3. The summed E-state index contributed by atoms with van der Waals surface area (Å²) in [4.78, 5) is 13.2. The Balaban J connectivity index is 1.42. The van der Waals surface area contributed by atoms with Gasteiger partial charge in [0, 0.05) is 16.6 Å². The second-order valence-electron chi connectivity index (χ2n) is 12.2. The minimum atomic E-state index is -0.0647. The lowest BCUT2D eigenvalue weighted by molar-refractivity contribution is -0.112. The van der Waals surface area contributed by atoms with E-state index in [0.717, 1.165) is 30.4 Å². The van der Waals surface area contributed by atoms with Crippen LogP contribution < -0.4 is 5.30 Å². The SMILES string of the molecule is CC1=C(C)C(C)C=C(C(=O)C2=CCC(C)(Cc3ccc(C(C)(C)c4ccc(P(C)C)cc4)cc3)C=C2)C1. The summed E-state index contributed by atoms with van der Waals surface area (Å²) in [5, 5.41) is 1.45. The molecule has 0 amide bonds. The van der Waals surface area contributed by atoms with E-state index >= 15 is 0 Å². The van der Waals surface area contributed by atoms with Crippen LogP contribution in [0, 0.1) is 11.3 Å². The highest BCUT2D eigenvalue weighted by atomic mass is 31.1. The Hall–Kier alpha value is -2.50. The number of allylic oxidation sites excluding steroid dienone is 8. The second-order valence-corrected chi connectivity index (χ2v) is 14.5. The lowest BCUT2D eigenvalue weighted by atomic mass is 9.74. The van der Waals surface area contributed by atoms with Gasteiger partial charge >= 0.3 is 0 Å². The van der Waals surface area contributed by atoms with Gasteiger partial charge in [0.2, 0.25) is 0 Å². The van der Waals surface area contributed by atoms with E-state index in [-0.39, 0.29) is 24.5 Å². The van der Waals surface area contributed by atoms with Crippen molar-refractivity contribution in [2.24, 2.45) is 11.3 Å². The Morgan fingerprint density at radius 2 is 1.59 bits per heavy atom. The smallest absolute Gasteiger partial charge is 0.188 e. The van der Waals surface area contributed by atoms with Crippen LogP contribution in [0.4, 0.5) is 0 Å². The minimum absolute atomic E-state index is 0.0238. The highest BCUT2D eigenvalue weighted by Gasteiger charge is 2.28. The van der Waals surface area contributed by atoms with E-state index in [0.29, 0.717) is 5.92 Å². The van der Waals surface area contributed by atoms with E-state index in [1.165, 1.54) is 33.1 Å². The van der Waals surface area contributed by atoms with Crippen LogP contribution in [0.2, 0.25) is 0 Å². The van der Waals surface area contributed by atoms with Crippen LogP contribution in [0.5, 0.6) is 0 Å². The van der Waals surface area contributed by atoms with Gasteiger partial charge in [-0.3, -0.25) is 4.79 Å². The molecule has 2 aromatic rings. The monoisotopic (exact) mass is 510 g/mol. The molecule has 1 nitrogen and oxygen atoms in total. The van der Waals surface area contributed by atoms with Crippen LogP contribution in [-0.2, 0) is 16.6 Å². The largest absolute Gasteiger partial charge is 0.289 e. The van der Waals surface area contributed by atoms with Crippen molar-refractivity contribution in [3.8, 4) is 0 Å². The lowest BCUT2D eigenvalue weighted by Crippen LogP contribution is -2.21. The second kappa shape index (κ2) is 10.7. The van der Waals surface area contributed by atoms with Crippen LogP contribution >= 0.6 is 7.92 Å². The highest BCUT2D eigenvalue weighted by Crippen LogP contribution is 2.37. The summed E-state index contributed by atoms with van der Waals surface area (Å²) in [5.74, 6) is 0.547. The number of carbonyl (C=O) groups excluding carboxylic acids is 1. The zero-order valence-electron chi connectivity index (χ0n) is 24.0. The molecule has 0 spiro atoms. The molecule has 2 aliphatic rings. The van der Waals surface area contributed by atoms with Gasteiger partial charge in [0.25, 0.3) is 0 Å². The average molecular weight is 511 g/mol. The minimum Gasteiger partial charge on any atom is -0.289 e. The first-order chi connectivity index (χ1) is 17.4. The Labute approximate surface area is 226 Å². The molecule has 37 heavy (non-hydrogen) atoms. The molecule has 194 valence electrons. The van der Waals surface area contributed by atoms with Gasteiger partial charge in [-0.05, 0) is 79.8 Å². The molecule has 2 aromatic carbocycles. The van der Waals surface area contributed by atoms with E-state index in [1.807, 2.05) is 0 Å². The van der Waals surface area contributed by atoms with Crippen molar-refractivity contribution in [3.05, 3.63) is 112 Å². The first kappa shape index (κ1) is 27.5. The van der Waals surface area contributed by atoms with Gasteiger partial charge in [-0.15, -0.1) is 0 Å². The summed E-state index contributed by atoms with van der Waals surface area (Å²) in [7, 11) is -0.0647. The van der Waals surface area contributed by atoms with E-state index in [2.05, 4.69) is 128 Å². The number of ketones is 1. The Bertz CT molecular complexity index is 1280. The first-order valence-corrected chi connectivity index (χ1v) is 15.8. The summed E-state index contributed by atoms with van der Waals surface area (Å²) in [6, 6.07) is 18.4. The van der Waals surface area contributed by atoms with Gasteiger partial charge in [-0.25, -0.2) is 0 Å². The summed E-state index contributed by atoms with van der Waals surface area (Å²) < 4.78 is 0. The summed E-state index contributed by atoms with van der Waals surface area (Å²) >= 11 is 0. The number of rotatable bonds is 7. The van der Waals surface area contributed by atoms with Gasteiger partial charge < -0.3 is 0 Å². The maximum Gasteiger partial charge on any atom is 0.188 e. The van der Waals surface area contributed by atoms with E-state index in [1.54, 1.807) is 0 Å². The van der Waals surface area contributed by atoms with Crippen molar-refractivity contribution >= 4 is 19.0 Å². The van der Waals surface area contributed by atoms with Crippen LogP contribution in [0.3, 0.4) is 0 Å². The summed E-state index contributed by atoms with van der Waals surface area (Å²) in [5.41, 5.74) is 8.56. The van der Waals surface area contributed by atoms with Crippen molar-refractivity contribution in [2.45, 2.75) is 66.2 Å². The molecule has 0 aliphatic heterocycles. The third kappa shape index (κ3) is 5.99. The van der Waals surface area contributed by atoms with Crippen LogP contribution in [0.25, 0.3) is 0 Å². The molecular formula is C35H43OP. The molecule has 0 N–H and O–H groups in total. The third-order valence-corrected chi connectivity index (χ3v) is 9.99. The number of hydrogen-bond acceptors (Lipinski definition) is 1. The molecule has 0 bridgehead atoms. The molecule has 0 aromatic heterocycles. The van der Waals surface area contributed by atoms with Gasteiger partial charge in [-0.2, -0.15) is 0 Å². The topological polar surface area (TPSA) is 17.1 Å². The molecule has 2 heteroatoms. The molecule has 0 saturated heterocycles. The van der Waals surface area contributed by atoms with Gasteiger partial charge in [0.05, 0.1) is 0 Å². The van der Waals surface area contributed by atoms with Gasteiger partial charge in [0.15, 0.2) is 5.78 Å². The van der Waals surface area contributed by atoms with Crippen LogP contribution in [-0.4, -0.2) is 19.1 Å². The van der Waals surface area contributed by atoms with Crippen LogP contribution in [0.15, 0.2) is 95.1 Å². The fourth-order valence-electron chi connectivity index (χ4n) is 5.56. The molecule has 0 radical (unpaired) electrons. The van der Waals surface area contributed by atoms with Crippen LogP contribution in [0.1, 0.15) is 71.1 Å². The third-order valence-electron chi connectivity index (χ3n) is 8.66. The molecule has 0 fully saturated rings. The molecule has 0 saturated carbocycles. The standard InChI is InChI=1S/C35H43OP/c1-24-21-29(22-25(2)26(24)3)33(36)28-17-19-35(6,20-18-28)23-27-9-11-30(12-10-27)34(4,5)31-13-15-32(16-14-31)37(7)8/h9-19,21,24H,20,22-23H2,1-8H3. The lowest BCUT2D eigenvalue weighted by Gasteiger charge is -2.30. The van der Waals surface area contributed by atoms with E-state index in [9.17, 15) is 4.79 Å². The molecule has 2 atom stereocenters. The molecule has 4 rings (SSSR count). The molecular weight excluding hydrogens is 467 g/mol. The van der Waals surface area contributed by atoms with Gasteiger partial charge in [0.1, 0.15) is 0 Å². The number of Topliss-reactive ketones (excluding diaryl/α,β-unsaturated/α-hetero) is 1. The number of hydrogen-bond donors (Lipinski definition) is 0. The van der Waals surface area contributed by atoms with Crippen molar-refractivity contribution in [3.63, 3.8) is 0 Å². The first-order valence-electron chi connectivity index (χ1n) is 13.6. The predicted molar refractivity (Wildman–Crippen MR) is 162 cm³/mol. The predicted octanol–water partition coefficient (Wildman–Crippen LogP) is 8.69. The Kier molecular flexibility index (Phi) is 7.96. The van der Waals surface area contributed by atoms with Crippen molar-refractivity contribution in [1.82, 2.24) is 0 Å². The normalized spacial score (nSPS) is 22.2. The zero-order valence-corrected chi connectivity index (χ0v) is 24.9. The fraction of sp³-hybridized carbons (Fsp3) is 0.400. The molecule has 2 unspecified atom stereocenters. The number of benzene rings is 2. The molecule has 0 heterocycles. The molecule has 2 aliphatic carbocycles. The van der Waals surface area contributed by atoms with E-state index < -0.39 is 0 Å². The van der Waals surface area contributed by atoms with E-state index in [4.69, 9.17) is 0 Å².